The van der Waals surface area contributed by atoms with Crippen molar-refractivity contribution in [2.45, 2.75) is 19.8 Å². The molecule has 1 amide bonds. The molecule has 3 aromatic rings. The van der Waals surface area contributed by atoms with Gasteiger partial charge in [-0.2, -0.15) is 0 Å². The molecule has 0 aliphatic heterocycles. The molecule has 0 saturated heterocycles. The molecule has 0 spiro atoms. The van der Waals surface area contributed by atoms with Crippen LogP contribution in [0.25, 0.3) is 11.0 Å². The van der Waals surface area contributed by atoms with Crippen molar-refractivity contribution in [3.8, 4) is 0 Å². The van der Waals surface area contributed by atoms with Gasteiger partial charge >= 0.3 is 5.69 Å². The van der Waals surface area contributed by atoms with E-state index in [1.807, 2.05) is 24.3 Å². The van der Waals surface area contributed by atoms with Crippen molar-refractivity contribution in [3.63, 3.8) is 0 Å². The summed E-state index contributed by atoms with van der Waals surface area (Å²) < 4.78 is 2.29. The van der Waals surface area contributed by atoms with E-state index in [9.17, 15) is 14.4 Å². The Morgan fingerprint density at radius 1 is 1.07 bits per heavy atom. The molecule has 27 heavy (non-hydrogen) atoms. The molecule has 7 heteroatoms. The zero-order valence-electron chi connectivity index (χ0n) is 16.1. The van der Waals surface area contributed by atoms with E-state index in [0.29, 0.717) is 11.3 Å². The molecule has 1 aromatic carbocycles. The van der Waals surface area contributed by atoms with Crippen LogP contribution in [-0.2, 0) is 14.1 Å². The second kappa shape index (κ2) is 6.83. The Balaban J connectivity index is 2.07. The van der Waals surface area contributed by atoms with Crippen molar-refractivity contribution >= 4 is 22.6 Å². The Morgan fingerprint density at radius 2 is 1.78 bits per heavy atom. The van der Waals surface area contributed by atoms with Crippen molar-refractivity contribution < 1.29 is 4.79 Å². The third kappa shape index (κ3) is 3.16. The second-order valence-corrected chi connectivity index (χ2v) is 6.89. The first kappa shape index (κ1) is 18.6. The molecule has 0 atom stereocenters. The summed E-state index contributed by atoms with van der Waals surface area (Å²) in [5, 5.41) is 0.292. The number of benzene rings is 1. The molecule has 0 fully saturated rings. The van der Waals surface area contributed by atoms with E-state index in [2.05, 4.69) is 18.8 Å². The Labute approximate surface area is 156 Å². The lowest BCUT2D eigenvalue weighted by molar-refractivity contribution is 0.0988. The van der Waals surface area contributed by atoms with E-state index in [1.165, 1.54) is 35.7 Å². The summed E-state index contributed by atoms with van der Waals surface area (Å²) in [6.07, 6.45) is 0. The van der Waals surface area contributed by atoms with E-state index in [-0.39, 0.29) is 17.2 Å². The molecule has 2 aromatic heterocycles. The number of hydrogen-bond donors (Lipinski definition) is 0. The fraction of sp³-hybridized carbons (Fsp3) is 0.300. The fourth-order valence-corrected chi connectivity index (χ4v) is 2.95. The van der Waals surface area contributed by atoms with Crippen LogP contribution in [0.1, 0.15) is 35.8 Å². The molecule has 0 bridgehead atoms. The van der Waals surface area contributed by atoms with Crippen LogP contribution in [0, 0.1) is 0 Å². The average Bonchev–Trinajstić information content (AvgIpc) is 2.69. The van der Waals surface area contributed by atoms with Crippen molar-refractivity contribution in [2.24, 2.45) is 14.1 Å². The third-order valence-corrected chi connectivity index (χ3v) is 4.75. The summed E-state index contributed by atoms with van der Waals surface area (Å²) in [6, 6.07) is 10.8. The van der Waals surface area contributed by atoms with Gasteiger partial charge in [0, 0.05) is 26.8 Å². The number of fused-ring (bicyclic) bond motifs is 1. The average molecular weight is 366 g/mol. The highest BCUT2D eigenvalue weighted by atomic mass is 16.2. The second-order valence-electron chi connectivity index (χ2n) is 6.89. The number of aryl methyl sites for hydroxylation is 1. The van der Waals surface area contributed by atoms with Crippen molar-refractivity contribution in [3.05, 3.63) is 68.5 Å². The number of nitrogens with zero attached hydrogens (tertiary/aromatic N) is 4. The number of aromatic nitrogens is 3. The van der Waals surface area contributed by atoms with Gasteiger partial charge in [0.25, 0.3) is 11.5 Å². The molecule has 0 aliphatic carbocycles. The highest BCUT2D eigenvalue weighted by molar-refractivity contribution is 6.05. The lowest BCUT2D eigenvalue weighted by Crippen LogP contribution is -2.37. The van der Waals surface area contributed by atoms with Crippen LogP contribution in [0.15, 0.2) is 46.0 Å². The number of pyridine rings is 1. The number of hydrogen-bond acceptors (Lipinski definition) is 4. The maximum atomic E-state index is 12.9. The minimum absolute atomic E-state index is 0.170. The minimum atomic E-state index is -0.484. The molecule has 0 saturated carbocycles. The largest absolute Gasteiger partial charge is 0.332 e. The van der Waals surface area contributed by atoms with Gasteiger partial charge in [0.2, 0.25) is 0 Å². The quantitative estimate of drug-likeness (QED) is 0.711. The van der Waals surface area contributed by atoms with Crippen molar-refractivity contribution in [2.75, 3.05) is 11.9 Å². The number of anilines is 1. The van der Waals surface area contributed by atoms with Gasteiger partial charge in [-0.1, -0.05) is 26.0 Å². The minimum Gasteiger partial charge on any atom is -0.310 e. The fourth-order valence-electron chi connectivity index (χ4n) is 2.95. The van der Waals surface area contributed by atoms with Gasteiger partial charge in [-0.05, 0) is 35.7 Å². The van der Waals surface area contributed by atoms with Gasteiger partial charge in [-0.3, -0.25) is 18.7 Å². The highest BCUT2D eigenvalue weighted by Crippen LogP contribution is 2.22. The Hall–Kier alpha value is -3.22. The molecule has 0 aliphatic rings. The van der Waals surface area contributed by atoms with Crippen LogP contribution in [0.2, 0.25) is 0 Å². The van der Waals surface area contributed by atoms with Crippen LogP contribution < -0.4 is 16.1 Å². The van der Waals surface area contributed by atoms with E-state index < -0.39 is 11.2 Å². The highest BCUT2D eigenvalue weighted by Gasteiger charge is 2.18. The van der Waals surface area contributed by atoms with E-state index >= 15 is 0 Å². The number of rotatable bonds is 3. The normalized spacial score (nSPS) is 11.2. The Morgan fingerprint density at radius 3 is 2.44 bits per heavy atom. The summed E-state index contributed by atoms with van der Waals surface area (Å²) in [6.45, 7) is 4.18. The van der Waals surface area contributed by atoms with Gasteiger partial charge in [0.05, 0.1) is 5.39 Å². The van der Waals surface area contributed by atoms with Crippen molar-refractivity contribution in [1.29, 1.82) is 0 Å². The molecule has 0 radical (unpaired) electrons. The predicted octanol–water partition coefficient (Wildman–Crippen LogP) is 2.03. The van der Waals surface area contributed by atoms with Crippen LogP contribution in [0.3, 0.4) is 0 Å². The Kier molecular flexibility index (Phi) is 4.70. The molecule has 7 nitrogen and oxygen atoms in total. The van der Waals surface area contributed by atoms with E-state index in [4.69, 9.17) is 0 Å². The lowest BCUT2D eigenvalue weighted by atomic mass is 10.0. The molecular weight excluding hydrogens is 344 g/mol. The standard InChI is InChI=1S/C20H22N4O3/c1-12(2)13-7-6-8-14(11-13)22(3)19(26)16-10-9-15-17(21-16)23(4)20(27)24(5)18(15)25/h6-12H,1-5H3. The smallest absolute Gasteiger partial charge is 0.310 e. The van der Waals surface area contributed by atoms with Gasteiger partial charge in [0.15, 0.2) is 0 Å². The zero-order valence-corrected chi connectivity index (χ0v) is 16.1. The molecule has 0 N–H and O–H groups in total. The van der Waals surface area contributed by atoms with Crippen LogP contribution >= 0.6 is 0 Å². The first-order chi connectivity index (χ1) is 12.7. The summed E-state index contributed by atoms with van der Waals surface area (Å²) in [5.41, 5.74) is 1.33. The topological polar surface area (TPSA) is 77.2 Å². The first-order valence-corrected chi connectivity index (χ1v) is 8.67. The molecule has 2 heterocycles. The summed E-state index contributed by atoms with van der Waals surface area (Å²) in [4.78, 5) is 43.1. The molecule has 0 unspecified atom stereocenters. The van der Waals surface area contributed by atoms with Crippen LogP contribution in [0.5, 0.6) is 0 Å². The van der Waals surface area contributed by atoms with Gasteiger partial charge in [0.1, 0.15) is 11.3 Å². The number of carbonyl (C=O) groups excluding carboxylic acids is 1. The maximum Gasteiger partial charge on any atom is 0.332 e. The van der Waals surface area contributed by atoms with Gasteiger partial charge in [-0.25, -0.2) is 9.78 Å². The van der Waals surface area contributed by atoms with Gasteiger partial charge < -0.3 is 4.90 Å². The number of amides is 1. The molecule has 140 valence electrons. The monoisotopic (exact) mass is 366 g/mol. The van der Waals surface area contributed by atoms with E-state index in [1.54, 1.807) is 7.05 Å². The summed E-state index contributed by atoms with van der Waals surface area (Å²) in [7, 11) is 4.62. The third-order valence-electron chi connectivity index (χ3n) is 4.75. The van der Waals surface area contributed by atoms with Crippen LogP contribution in [-0.4, -0.2) is 27.1 Å². The predicted molar refractivity (Wildman–Crippen MR) is 105 cm³/mol. The maximum absolute atomic E-state index is 12.9. The zero-order chi connectivity index (χ0) is 19.9. The first-order valence-electron chi connectivity index (χ1n) is 8.67. The summed E-state index contributed by atoms with van der Waals surface area (Å²) >= 11 is 0. The lowest BCUT2D eigenvalue weighted by Gasteiger charge is -2.19. The van der Waals surface area contributed by atoms with E-state index in [0.717, 1.165) is 15.8 Å². The molecule has 3 rings (SSSR count). The summed E-state index contributed by atoms with van der Waals surface area (Å²) in [5.74, 6) is 0.0314. The Bertz CT molecular complexity index is 1160. The SMILES string of the molecule is CC(C)c1cccc(N(C)C(=O)c2ccc3c(=O)n(C)c(=O)n(C)c3n2)c1. The van der Waals surface area contributed by atoms with Crippen LogP contribution in [0.4, 0.5) is 5.69 Å². The number of carbonyl (C=O) groups is 1. The van der Waals surface area contributed by atoms with Gasteiger partial charge in [-0.15, -0.1) is 0 Å². The molecular formula is C20H22N4O3. The van der Waals surface area contributed by atoms with Crippen molar-refractivity contribution in [1.82, 2.24) is 14.1 Å².